The largest absolute Gasteiger partial charge is 0.489 e. The zero-order chi connectivity index (χ0) is 21.8. The Balaban J connectivity index is 1.44. The second-order valence-corrected chi connectivity index (χ2v) is 7.70. The number of pyridine rings is 1. The molecule has 1 aromatic heterocycles. The fourth-order valence-corrected chi connectivity index (χ4v) is 3.18. The van der Waals surface area contributed by atoms with Crippen molar-refractivity contribution < 1.29 is 23.4 Å². The zero-order valence-corrected chi connectivity index (χ0v) is 17.6. The SMILES string of the molecule is COC(=O)c1ccc(COc2ccc(C)c(-c3ccc(OCC4CC4)nc3)c2)c(F)c1. The molecule has 0 bridgehead atoms. The van der Waals surface area contributed by atoms with Crippen LogP contribution in [0.5, 0.6) is 11.6 Å². The van der Waals surface area contributed by atoms with Crippen LogP contribution in [0.3, 0.4) is 0 Å². The van der Waals surface area contributed by atoms with E-state index in [9.17, 15) is 9.18 Å². The highest BCUT2D eigenvalue weighted by molar-refractivity contribution is 5.89. The number of carbonyl (C=O) groups is 1. The van der Waals surface area contributed by atoms with E-state index in [1.165, 1.54) is 32.1 Å². The van der Waals surface area contributed by atoms with Crippen LogP contribution < -0.4 is 9.47 Å². The Hall–Kier alpha value is -3.41. The van der Waals surface area contributed by atoms with Crippen LogP contribution in [0, 0.1) is 18.7 Å². The third kappa shape index (κ3) is 5.20. The van der Waals surface area contributed by atoms with Gasteiger partial charge < -0.3 is 14.2 Å². The highest BCUT2D eigenvalue weighted by Crippen LogP contribution is 2.31. The number of rotatable bonds is 8. The number of methoxy groups -OCH3 is 1. The van der Waals surface area contributed by atoms with E-state index in [0.717, 1.165) is 29.4 Å². The Bertz CT molecular complexity index is 1080. The highest BCUT2D eigenvalue weighted by atomic mass is 19.1. The van der Waals surface area contributed by atoms with Crippen molar-refractivity contribution >= 4 is 5.97 Å². The number of hydrogen-bond donors (Lipinski definition) is 0. The van der Waals surface area contributed by atoms with E-state index in [1.807, 2.05) is 37.3 Å². The van der Waals surface area contributed by atoms with Crippen LogP contribution in [0.1, 0.15) is 34.3 Å². The van der Waals surface area contributed by atoms with Crippen molar-refractivity contribution in [3.63, 3.8) is 0 Å². The minimum absolute atomic E-state index is 0.0436. The smallest absolute Gasteiger partial charge is 0.337 e. The van der Waals surface area contributed by atoms with Crippen LogP contribution in [-0.2, 0) is 11.3 Å². The lowest BCUT2D eigenvalue weighted by Gasteiger charge is -2.12. The number of benzene rings is 2. The lowest BCUT2D eigenvalue weighted by atomic mass is 10.0. The first-order chi connectivity index (χ1) is 15.0. The Morgan fingerprint density at radius 2 is 1.94 bits per heavy atom. The molecule has 0 saturated heterocycles. The van der Waals surface area contributed by atoms with Gasteiger partial charge >= 0.3 is 5.97 Å². The third-order valence-corrected chi connectivity index (χ3v) is 5.29. The Labute approximate surface area is 180 Å². The molecule has 1 aliphatic rings. The van der Waals surface area contributed by atoms with Crippen LogP contribution in [0.2, 0.25) is 0 Å². The minimum Gasteiger partial charge on any atom is -0.489 e. The van der Waals surface area contributed by atoms with Crippen molar-refractivity contribution in [1.82, 2.24) is 4.98 Å². The summed E-state index contributed by atoms with van der Waals surface area (Å²) in [7, 11) is 1.26. The van der Waals surface area contributed by atoms with E-state index in [4.69, 9.17) is 9.47 Å². The van der Waals surface area contributed by atoms with Gasteiger partial charge in [0.1, 0.15) is 18.2 Å². The predicted octanol–water partition coefficient (Wildman–Crippen LogP) is 5.35. The molecule has 0 radical (unpaired) electrons. The molecule has 0 atom stereocenters. The molecule has 0 amide bonds. The molecular formula is C25H24FNO4. The number of esters is 1. The number of hydrogen-bond acceptors (Lipinski definition) is 5. The Morgan fingerprint density at radius 3 is 2.61 bits per heavy atom. The summed E-state index contributed by atoms with van der Waals surface area (Å²) < 4.78 is 30.4. The minimum atomic E-state index is -0.577. The van der Waals surface area contributed by atoms with E-state index in [1.54, 1.807) is 6.20 Å². The summed E-state index contributed by atoms with van der Waals surface area (Å²) in [4.78, 5) is 15.9. The lowest BCUT2D eigenvalue weighted by Crippen LogP contribution is -2.04. The van der Waals surface area contributed by atoms with Crippen LogP contribution in [0.15, 0.2) is 54.7 Å². The van der Waals surface area contributed by atoms with E-state index in [2.05, 4.69) is 9.72 Å². The van der Waals surface area contributed by atoms with Gasteiger partial charge in [0.2, 0.25) is 5.88 Å². The normalized spacial score (nSPS) is 13.0. The molecule has 4 rings (SSSR count). The van der Waals surface area contributed by atoms with Gasteiger partial charge in [-0.05, 0) is 67.1 Å². The van der Waals surface area contributed by atoms with Crippen molar-refractivity contribution in [2.75, 3.05) is 13.7 Å². The van der Waals surface area contributed by atoms with Crippen molar-refractivity contribution in [2.24, 2.45) is 5.92 Å². The Kier molecular flexibility index (Phi) is 6.16. The van der Waals surface area contributed by atoms with Gasteiger partial charge in [-0.1, -0.05) is 12.1 Å². The number of aromatic nitrogens is 1. The molecule has 0 aliphatic heterocycles. The maximum absolute atomic E-state index is 14.3. The van der Waals surface area contributed by atoms with Crippen LogP contribution in [0.25, 0.3) is 11.1 Å². The van der Waals surface area contributed by atoms with Gasteiger partial charge in [-0.25, -0.2) is 14.2 Å². The lowest BCUT2D eigenvalue weighted by molar-refractivity contribution is 0.0600. The molecule has 160 valence electrons. The molecule has 3 aromatic rings. The second kappa shape index (κ2) is 9.16. The maximum Gasteiger partial charge on any atom is 0.337 e. The third-order valence-electron chi connectivity index (χ3n) is 5.29. The predicted molar refractivity (Wildman–Crippen MR) is 115 cm³/mol. The second-order valence-electron chi connectivity index (χ2n) is 7.70. The molecule has 0 unspecified atom stereocenters. The van der Waals surface area contributed by atoms with Crippen LogP contribution in [-0.4, -0.2) is 24.7 Å². The number of aryl methyl sites for hydroxylation is 1. The summed E-state index contributed by atoms with van der Waals surface area (Å²) in [6, 6.07) is 13.8. The number of carbonyl (C=O) groups excluding carboxylic acids is 1. The van der Waals surface area contributed by atoms with Crippen LogP contribution >= 0.6 is 0 Å². The molecular weight excluding hydrogens is 397 g/mol. The van der Waals surface area contributed by atoms with E-state index >= 15 is 0 Å². The van der Waals surface area contributed by atoms with E-state index in [-0.39, 0.29) is 12.2 Å². The molecule has 0 spiro atoms. The van der Waals surface area contributed by atoms with Crippen molar-refractivity contribution in [1.29, 1.82) is 0 Å². The fourth-order valence-electron chi connectivity index (χ4n) is 3.18. The van der Waals surface area contributed by atoms with Gasteiger partial charge in [-0.2, -0.15) is 0 Å². The first-order valence-corrected chi connectivity index (χ1v) is 10.2. The van der Waals surface area contributed by atoms with Crippen molar-refractivity contribution in [2.45, 2.75) is 26.4 Å². The topological polar surface area (TPSA) is 57.7 Å². The molecule has 0 N–H and O–H groups in total. The van der Waals surface area contributed by atoms with Gasteiger partial charge in [0, 0.05) is 23.4 Å². The molecule has 5 nitrogen and oxygen atoms in total. The molecule has 1 saturated carbocycles. The maximum atomic E-state index is 14.3. The summed E-state index contributed by atoms with van der Waals surface area (Å²) >= 11 is 0. The average Bonchev–Trinajstić information content (AvgIpc) is 3.62. The summed E-state index contributed by atoms with van der Waals surface area (Å²) in [5.41, 5.74) is 3.54. The zero-order valence-electron chi connectivity index (χ0n) is 17.6. The number of ether oxygens (including phenoxy) is 3. The summed E-state index contributed by atoms with van der Waals surface area (Å²) in [6.07, 6.45) is 4.27. The van der Waals surface area contributed by atoms with Crippen molar-refractivity contribution in [3.05, 3.63) is 77.2 Å². The van der Waals surface area contributed by atoms with Gasteiger partial charge in [-0.15, -0.1) is 0 Å². The fraction of sp³-hybridized carbons (Fsp3) is 0.280. The molecule has 6 heteroatoms. The molecule has 1 fully saturated rings. The first-order valence-electron chi connectivity index (χ1n) is 10.2. The number of nitrogens with zero attached hydrogens (tertiary/aromatic N) is 1. The molecule has 1 aliphatic carbocycles. The first kappa shape index (κ1) is 20.8. The average molecular weight is 421 g/mol. The molecule has 2 aromatic carbocycles. The van der Waals surface area contributed by atoms with Gasteiger partial charge in [0.15, 0.2) is 0 Å². The summed E-state index contributed by atoms with van der Waals surface area (Å²) in [5.74, 6) is 0.838. The van der Waals surface area contributed by atoms with Gasteiger partial charge in [0.05, 0.1) is 19.3 Å². The molecule has 1 heterocycles. The van der Waals surface area contributed by atoms with Gasteiger partial charge in [-0.3, -0.25) is 0 Å². The van der Waals surface area contributed by atoms with Crippen LogP contribution in [0.4, 0.5) is 4.39 Å². The van der Waals surface area contributed by atoms with Gasteiger partial charge in [0.25, 0.3) is 0 Å². The van der Waals surface area contributed by atoms with E-state index < -0.39 is 11.8 Å². The van der Waals surface area contributed by atoms with E-state index in [0.29, 0.717) is 23.1 Å². The standard InChI is InChI=1S/C25H24FNO4/c1-16-3-9-21(30-15-20-7-6-18(11-23(20)26)25(28)29-2)12-22(16)19-8-10-24(27-13-19)31-14-17-4-5-17/h3,6-13,17H,4-5,14-15H2,1-2H3. The monoisotopic (exact) mass is 421 g/mol. The summed E-state index contributed by atoms with van der Waals surface area (Å²) in [5, 5.41) is 0. The quantitative estimate of drug-likeness (QED) is 0.459. The molecule has 31 heavy (non-hydrogen) atoms. The summed E-state index contributed by atoms with van der Waals surface area (Å²) in [6.45, 7) is 2.79. The number of halogens is 1. The Morgan fingerprint density at radius 1 is 1.10 bits per heavy atom. The van der Waals surface area contributed by atoms with Crippen molar-refractivity contribution in [3.8, 4) is 22.8 Å². The highest BCUT2D eigenvalue weighted by Gasteiger charge is 2.22.